The highest BCUT2D eigenvalue weighted by molar-refractivity contribution is 5.87. The number of hydrogen-bond donors (Lipinski definition) is 1. The van der Waals surface area contributed by atoms with Crippen molar-refractivity contribution in [2.45, 2.75) is 25.8 Å². The van der Waals surface area contributed by atoms with Crippen LogP contribution >= 0.6 is 0 Å². The van der Waals surface area contributed by atoms with Crippen molar-refractivity contribution in [2.75, 3.05) is 40.0 Å². The third kappa shape index (κ3) is 5.01. The standard InChI is InChI=1S/C12H22N2O4/c1-10-8-11(15)13-9-12(16)14(10)4-7-18-6-3-5-17-2/h10H,3-9H2,1-2H3,(H,13,15). The van der Waals surface area contributed by atoms with Gasteiger partial charge in [-0.25, -0.2) is 0 Å². The zero-order valence-electron chi connectivity index (χ0n) is 11.1. The minimum atomic E-state index is -0.0700. The van der Waals surface area contributed by atoms with Crippen molar-refractivity contribution in [3.63, 3.8) is 0 Å². The Kier molecular flexibility index (Phi) is 6.67. The van der Waals surface area contributed by atoms with Gasteiger partial charge in [0.15, 0.2) is 0 Å². The van der Waals surface area contributed by atoms with Gasteiger partial charge in [0.25, 0.3) is 0 Å². The van der Waals surface area contributed by atoms with Crippen LogP contribution in [0.25, 0.3) is 0 Å². The maximum atomic E-state index is 11.8. The lowest BCUT2D eigenvalue weighted by molar-refractivity contribution is -0.132. The van der Waals surface area contributed by atoms with Crippen molar-refractivity contribution in [1.29, 1.82) is 0 Å². The number of ether oxygens (including phenoxy) is 2. The van der Waals surface area contributed by atoms with E-state index in [2.05, 4.69) is 5.32 Å². The molecule has 2 amide bonds. The van der Waals surface area contributed by atoms with Crippen molar-refractivity contribution in [2.24, 2.45) is 0 Å². The summed E-state index contributed by atoms with van der Waals surface area (Å²) < 4.78 is 10.3. The second-order valence-electron chi connectivity index (χ2n) is 4.38. The topological polar surface area (TPSA) is 67.9 Å². The second-order valence-corrected chi connectivity index (χ2v) is 4.38. The van der Waals surface area contributed by atoms with Crippen molar-refractivity contribution >= 4 is 11.8 Å². The molecule has 1 saturated heterocycles. The molecule has 1 aliphatic heterocycles. The molecule has 1 fully saturated rings. The van der Waals surface area contributed by atoms with Crippen molar-refractivity contribution in [1.82, 2.24) is 10.2 Å². The highest BCUT2D eigenvalue weighted by atomic mass is 16.5. The fourth-order valence-corrected chi connectivity index (χ4v) is 1.89. The van der Waals surface area contributed by atoms with E-state index in [0.29, 0.717) is 32.8 Å². The molecular weight excluding hydrogens is 236 g/mol. The Morgan fingerprint density at radius 1 is 1.33 bits per heavy atom. The summed E-state index contributed by atoms with van der Waals surface area (Å²) in [4.78, 5) is 24.8. The Morgan fingerprint density at radius 2 is 2.11 bits per heavy atom. The van der Waals surface area contributed by atoms with Gasteiger partial charge in [-0.1, -0.05) is 0 Å². The van der Waals surface area contributed by atoms with Gasteiger partial charge in [-0.3, -0.25) is 9.59 Å². The van der Waals surface area contributed by atoms with Gasteiger partial charge in [0, 0.05) is 39.3 Å². The molecule has 1 aliphatic rings. The average Bonchev–Trinajstić information content (AvgIpc) is 2.45. The third-order valence-corrected chi connectivity index (χ3v) is 2.88. The first kappa shape index (κ1) is 14.9. The normalized spacial score (nSPS) is 20.8. The van der Waals surface area contributed by atoms with E-state index in [1.165, 1.54) is 0 Å². The maximum Gasteiger partial charge on any atom is 0.242 e. The molecule has 0 aliphatic carbocycles. The molecule has 0 aromatic carbocycles. The molecule has 18 heavy (non-hydrogen) atoms. The van der Waals surface area contributed by atoms with E-state index >= 15 is 0 Å². The maximum absolute atomic E-state index is 11.8. The molecule has 1 atom stereocenters. The first-order valence-electron chi connectivity index (χ1n) is 6.28. The minimum Gasteiger partial charge on any atom is -0.385 e. The first-order chi connectivity index (χ1) is 8.65. The van der Waals surface area contributed by atoms with Crippen molar-refractivity contribution in [3.8, 4) is 0 Å². The number of carbonyl (C=O) groups is 2. The molecule has 6 heteroatoms. The number of hydrogen-bond acceptors (Lipinski definition) is 4. The van der Waals surface area contributed by atoms with E-state index in [1.54, 1.807) is 12.0 Å². The molecule has 1 rings (SSSR count). The minimum absolute atomic E-state index is 0.0474. The predicted molar refractivity (Wildman–Crippen MR) is 66.1 cm³/mol. The Morgan fingerprint density at radius 3 is 2.83 bits per heavy atom. The Labute approximate surface area is 108 Å². The van der Waals surface area contributed by atoms with Crippen molar-refractivity contribution in [3.05, 3.63) is 0 Å². The molecule has 6 nitrogen and oxygen atoms in total. The van der Waals surface area contributed by atoms with E-state index < -0.39 is 0 Å². The summed E-state index contributed by atoms with van der Waals surface area (Å²) in [6.45, 7) is 4.30. The number of carbonyl (C=O) groups excluding carboxylic acids is 2. The van der Waals surface area contributed by atoms with Crippen LogP contribution in [-0.2, 0) is 19.1 Å². The van der Waals surface area contributed by atoms with Gasteiger partial charge in [-0.05, 0) is 13.3 Å². The monoisotopic (exact) mass is 258 g/mol. The van der Waals surface area contributed by atoms with Crippen LogP contribution in [0, 0.1) is 0 Å². The summed E-state index contributed by atoms with van der Waals surface area (Å²) in [5, 5.41) is 2.59. The molecule has 0 saturated carbocycles. The summed E-state index contributed by atoms with van der Waals surface area (Å²) in [6.07, 6.45) is 1.20. The average molecular weight is 258 g/mol. The summed E-state index contributed by atoms with van der Waals surface area (Å²) in [6, 6.07) is -0.0671. The number of nitrogens with zero attached hydrogens (tertiary/aromatic N) is 1. The number of nitrogens with one attached hydrogen (secondary N) is 1. The van der Waals surface area contributed by atoms with E-state index in [9.17, 15) is 9.59 Å². The lowest BCUT2D eigenvalue weighted by Gasteiger charge is -2.26. The van der Waals surface area contributed by atoms with Gasteiger partial charge < -0.3 is 19.7 Å². The zero-order chi connectivity index (χ0) is 13.4. The summed E-state index contributed by atoms with van der Waals surface area (Å²) in [5.74, 6) is -0.117. The zero-order valence-corrected chi connectivity index (χ0v) is 11.1. The van der Waals surface area contributed by atoms with Gasteiger partial charge in [0.1, 0.15) is 0 Å². The molecule has 104 valence electrons. The molecular formula is C12H22N2O4. The van der Waals surface area contributed by atoms with E-state index in [0.717, 1.165) is 6.42 Å². The van der Waals surface area contributed by atoms with Gasteiger partial charge in [-0.15, -0.1) is 0 Å². The highest BCUT2D eigenvalue weighted by Crippen LogP contribution is 2.07. The van der Waals surface area contributed by atoms with E-state index in [4.69, 9.17) is 9.47 Å². The SMILES string of the molecule is COCCCOCCN1C(=O)CNC(=O)CC1C. The summed E-state index contributed by atoms with van der Waals surface area (Å²) >= 11 is 0. The van der Waals surface area contributed by atoms with Crippen LogP contribution in [0.2, 0.25) is 0 Å². The van der Waals surface area contributed by atoms with Crippen molar-refractivity contribution < 1.29 is 19.1 Å². The van der Waals surface area contributed by atoms with Crippen LogP contribution in [0.5, 0.6) is 0 Å². The van der Waals surface area contributed by atoms with Crippen LogP contribution in [0.3, 0.4) is 0 Å². The summed E-state index contributed by atoms with van der Waals surface area (Å²) in [7, 11) is 1.65. The third-order valence-electron chi connectivity index (χ3n) is 2.88. The Hall–Kier alpha value is -1.14. The molecule has 1 unspecified atom stereocenters. The van der Waals surface area contributed by atoms with Crippen LogP contribution in [0.1, 0.15) is 19.8 Å². The lowest BCUT2D eigenvalue weighted by Crippen LogP contribution is -2.41. The van der Waals surface area contributed by atoms with Gasteiger partial charge in [0.05, 0.1) is 13.2 Å². The second kappa shape index (κ2) is 8.05. The fourth-order valence-electron chi connectivity index (χ4n) is 1.89. The highest BCUT2D eigenvalue weighted by Gasteiger charge is 2.25. The summed E-state index contributed by atoms with van der Waals surface area (Å²) in [5.41, 5.74) is 0. The Bertz CT molecular complexity index is 283. The predicted octanol–water partition coefficient (Wildman–Crippen LogP) is -0.223. The molecule has 0 aromatic heterocycles. The van der Waals surface area contributed by atoms with Gasteiger partial charge in [-0.2, -0.15) is 0 Å². The number of amides is 2. The largest absolute Gasteiger partial charge is 0.385 e. The van der Waals surface area contributed by atoms with Gasteiger partial charge in [0.2, 0.25) is 11.8 Å². The molecule has 0 radical (unpaired) electrons. The molecule has 0 aromatic rings. The fraction of sp³-hybridized carbons (Fsp3) is 0.833. The molecule has 0 bridgehead atoms. The van der Waals surface area contributed by atoms with Crippen LogP contribution in [0.4, 0.5) is 0 Å². The first-order valence-corrected chi connectivity index (χ1v) is 6.28. The number of rotatable bonds is 7. The van der Waals surface area contributed by atoms with Crippen LogP contribution in [-0.4, -0.2) is 62.8 Å². The molecule has 1 N–H and O–H groups in total. The van der Waals surface area contributed by atoms with Gasteiger partial charge >= 0.3 is 0 Å². The smallest absolute Gasteiger partial charge is 0.242 e. The molecule has 0 spiro atoms. The van der Waals surface area contributed by atoms with Crippen LogP contribution in [0.15, 0.2) is 0 Å². The molecule has 1 heterocycles. The quantitative estimate of drug-likeness (QED) is 0.641. The van der Waals surface area contributed by atoms with E-state index in [1.807, 2.05) is 6.92 Å². The van der Waals surface area contributed by atoms with Crippen LogP contribution < -0.4 is 5.32 Å². The van der Waals surface area contributed by atoms with E-state index in [-0.39, 0.29) is 24.4 Å². The lowest BCUT2D eigenvalue weighted by atomic mass is 10.2. The number of methoxy groups -OCH3 is 1. The Balaban J connectivity index is 2.26.